The van der Waals surface area contributed by atoms with Crippen LogP contribution in [0, 0.1) is 0 Å². The second kappa shape index (κ2) is 6.44. The Morgan fingerprint density at radius 1 is 1.25 bits per heavy atom. The first-order valence-electron chi connectivity index (χ1n) is 6.21. The molecule has 2 aromatic rings. The van der Waals surface area contributed by atoms with Crippen molar-refractivity contribution in [1.29, 1.82) is 0 Å². The summed E-state index contributed by atoms with van der Waals surface area (Å²) in [5.41, 5.74) is 1.65. The molecule has 0 saturated heterocycles. The molecule has 0 heterocycles. The molecule has 0 saturated carbocycles. The van der Waals surface area contributed by atoms with E-state index in [1.165, 1.54) is 0 Å². The zero-order valence-electron chi connectivity index (χ0n) is 11.0. The molecule has 0 bridgehead atoms. The number of benzene rings is 2. The van der Waals surface area contributed by atoms with Crippen LogP contribution >= 0.6 is 11.6 Å². The molecular formula is C16H15ClO3. The van der Waals surface area contributed by atoms with Crippen LogP contribution in [0.2, 0.25) is 5.02 Å². The zero-order valence-corrected chi connectivity index (χ0v) is 11.8. The second-order valence-electron chi connectivity index (χ2n) is 4.50. The summed E-state index contributed by atoms with van der Waals surface area (Å²) in [6, 6.07) is 14.4. The van der Waals surface area contributed by atoms with E-state index in [2.05, 4.69) is 0 Å². The number of methoxy groups -OCH3 is 1. The predicted octanol–water partition coefficient (Wildman–Crippen LogP) is 3.76. The molecule has 0 aliphatic rings. The van der Waals surface area contributed by atoms with Crippen molar-refractivity contribution in [2.75, 3.05) is 7.11 Å². The minimum Gasteiger partial charge on any atom is -0.497 e. The Kier molecular flexibility index (Phi) is 4.64. The average Bonchev–Trinajstić information content (AvgIpc) is 2.45. The van der Waals surface area contributed by atoms with E-state index in [9.17, 15) is 9.90 Å². The highest BCUT2D eigenvalue weighted by Gasteiger charge is 2.20. The van der Waals surface area contributed by atoms with Crippen molar-refractivity contribution in [3.8, 4) is 5.75 Å². The standard InChI is InChI=1S/C16H15ClO3/c1-20-14-7-5-11(6-8-14)9-15(16(18)19)12-3-2-4-13(17)10-12/h2-8,10,15H,9H2,1H3,(H,18,19). The van der Waals surface area contributed by atoms with Gasteiger partial charge in [-0.15, -0.1) is 0 Å². The molecule has 4 heteroatoms. The number of hydrogen-bond acceptors (Lipinski definition) is 2. The maximum atomic E-state index is 11.5. The third-order valence-corrected chi connectivity index (χ3v) is 3.38. The summed E-state index contributed by atoms with van der Waals surface area (Å²) in [4.78, 5) is 11.5. The Hall–Kier alpha value is -2.00. The summed E-state index contributed by atoms with van der Waals surface area (Å²) < 4.78 is 5.09. The molecule has 0 spiro atoms. The van der Waals surface area contributed by atoms with E-state index in [0.29, 0.717) is 17.0 Å². The fraction of sp³-hybridized carbons (Fsp3) is 0.188. The molecule has 0 fully saturated rings. The van der Waals surface area contributed by atoms with E-state index in [0.717, 1.165) is 11.3 Å². The van der Waals surface area contributed by atoms with Crippen LogP contribution < -0.4 is 4.74 Å². The molecule has 2 aromatic carbocycles. The zero-order chi connectivity index (χ0) is 14.5. The molecule has 3 nitrogen and oxygen atoms in total. The topological polar surface area (TPSA) is 46.5 Å². The van der Waals surface area contributed by atoms with Gasteiger partial charge in [0.2, 0.25) is 0 Å². The van der Waals surface area contributed by atoms with Gasteiger partial charge in [-0.3, -0.25) is 4.79 Å². The summed E-state index contributed by atoms with van der Waals surface area (Å²) in [5, 5.41) is 9.96. The van der Waals surface area contributed by atoms with Gasteiger partial charge in [0.15, 0.2) is 0 Å². The minimum atomic E-state index is -0.858. The molecule has 104 valence electrons. The van der Waals surface area contributed by atoms with Gasteiger partial charge in [0.25, 0.3) is 0 Å². The number of hydrogen-bond donors (Lipinski definition) is 1. The van der Waals surface area contributed by atoms with Gasteiger partial charge in [-0.2, -0.15) is 0 Å². The molecule has 0 aliphatic carbocycles. The second-order valence-corrected chi connectivity index (χ2v) is 4.93. The Bertz CT molecular complexity index is 593. The van der Waals surface area contributed by atoms with E-state index in [1.54, 1.807) is 31.4 Å². The van der Waals surface area contributed by atoms with Crippen LogP contribution in [0.15, 0.2) is 48.5 Å². The molecule has 1 N–H and O–H groups in total. The Labute approximate surface area is 122 Å². The molecule has 0 amide bonds. The van der Waals surface area contributed by atoms with Gasteiger partial charge in [-0.05, 0) is 41.8 Å². The Morgan fingerprint density at radius 3 is 2.50 bits per heavy atom. The molecule has 2 rings (SSSR count). The van der Waals surface area contributed by atoms with Crippen LogP contribution in [0.5, 0.6) is 5.75 Å². The maximum absolute atomic E-state index is 11.5. The first-order valence-corrected chi connectivity index (χ1v) is 6.59. The van der Waals surface area contributed by atoms with Gasteiger partial charge >= 0.3 is 5.97 Å². The number of carbonyl (C=O) groups is 1. The van der Waals surface area contributed by atoms with E-state index < -0.39 is 11.9 Å². The van der Waals surface area contributed by atoms with Gasteiger partial charge in [-0.25, -0.2) is 0 Å². The van der Waals surface area contributed by atoms with Gasteiger partial charge in [0.05, 0.1) is 13.0 Å². The van der Waals surface area contributed by atoms with E-state index >= 15 is 0 Å². The van der Waals surface area contributed by atoms with Gasteiger partial charge in [-0.1, -0.05) is 35.9 Å². The lowest BCUT2D eigenvalue weighted by atomic mass is 9.92. The number of aliphatic carboxylic acids is 1. The number of carboxylic acid groups (broad SMARTS) is 1. The summed E-state index contributed by atoms with van der Waals surface area (Å²) in [6.45, 7) is 0. The highest BCUT2D eigenvalue weighted by molar-refractivity contribution is 6.30. The van der Waals surface area contributed by atoms with Gasteiger partial charge < -0.3 is 9.84 Å². The molecule has 0 radical (unpaired) electrons. The van der Waals surface area contributed by atoms with Crippen molar-refractivity contribution < 1.29 is 14.6 Å². The van der Waals surface area contributed by atoms with Gasteiger partial charge in [0.1, 0.15) is 5.75 Å². The third kappa shape index (κ3) is 3.52. The molecule has 1 unspecified atom stereocenters. The van der Waals surface area contributed by atoms with Gasteiger partial charge in [0, 0.05) is 5.02 Å². The van der Waals surface area contributed by atoms with E-state index in [4.69, 9.17) is 16.3 Å². The third-order valence-electron chi connectivity index (χ3n) is 3.15. The summed E-state index contributed by atoms with van der Waals surface area (Å²) >= 11 is 5.93. The minimum absolute atomic E-state index is 0.416. The maximum Gasteiger partial charge on any atom is 0.311 e. The molecule has 0 aliphatic heterocycles. The first-order chi connectivity index (χ1) is 9.60. The van der Waals surface area contributed by atoms with E-state index in [1.807, 2.05) is 24.3 Å². The number of halogens is 1. The van der Waals surface area contributed by atoms with Crippen LogP contribution in [-0.4, -0.2) is 18.2 Å². The average molecular weight is 291 g/mol. The van der Waals surface area contributed by atoms with Crippen LogP contribution in [0.4, 0.5) is 0 Å². The normalized spacial score (nSPS) is 11.9. The van der Waals surface area contributed by atoms with Crippen molar-refractivity contribution in [3.63, 3.8) is 0 Å². The molecule has 0 aromatic heterocycles. The van der Waals surface area contributed by atoms with Crippen molar-refractivity contribution in [1.82, 2.24) is 0 Å². The number of carboxylic acids is 1. The van der Waals surface area contributed by atoms with Crippen LogP contribution in [-0.2, 0) is 11.2 Å². The Morgan fingerprint density at radius 2 is 1.95 bits per heavy atom. The highest BCUT2D eigenvalue weighted by atomic mass is 35.5. The summed E-state index contributed by atoms with van der Waals surface area (Å²) in [7, 11) is 1.60. The monoisotopic (exact) mass is 290 g/mol. The lowest BCUT2D eigenvalue weighted by molar-refractivity contribution is -0.138. The fourth-order valence-corrected chi connectivity index (χ4v) is 2.27. The molecular weight excluding hydrogens is 276 g/mol. The first kappa shape index (κ1) is 14.4. The van der Waals surface area contributed by atoms with Crippen molar-refractivity contribution in [3.05, 3.63) is 64.7 Å². The van der Waals surface area contributed by atoms with Crippen molar-refractivity contribution in [2.45, 2.75) is 12.3 Å². The lowest BCUT2D eigenvalue weighted by Crippen LogP contribution is -2.14. The van der Waals surface area contributed by atoms with Crippen molar-refractivity contribution in [2.24, 2.45) is 0 Å². The summed E-state index contributed by atoms with van der Waals surface area (Å²) in [5.74, 6) is -0.714. The van der Waals surface area contributed by atoms with E-state index in [-0.39, 0.29) is 0 Å². The highest BCUT2D eigenvalue weighted by Crippen LogP contribution is 2.24. The quantitative estimate of drug-likeness (QED) is 0.912. The Balaban J connectivity index is 2.23. The largest absolute Gasteiger partial charge is 0.497 e. The summed E-state index contributed by atoms with van der Waals surface area (Å²) in [6.07, 6.45) is 0.416. The number of ether oxygens (including phenoxy) is 1. The molecule has 1 atom stereocenters. The fourth-order valence-electron chi connectivity index (χ4n) is 2.07. The van der Waals surface area contributed by atoms with Crippen LogP contribution in [0.25, 0.3) is 0 Å². The lowest BCUT2D eigenvalue weighted by Gasteiger charge is -2.13. The smallest absolute Gasteiger partial charge is 0.311 e. The van der Waals surface area contributed by atoms with Crippen LogP contribution in [0.3, 0.4) is 0 Å². The molecule has 20 heavy (non-hydrogen) atoms. The van der Waals surface area contributed by atoms with Crippen molar-refractivity contribution >= 4 is 17.6 Å². The number of rotatable bonds is 5. The van der Waals surface area contributed by atoms with Crippen LogP contribution in [0.1, 0.15) is 17.0 Å². The SMILES string of the molecule is COc1ccc(CC(C(=O)O)c2cccc(Cl)c2)cc1. The predicted molar refractivity (Wildman–Crippen MR) is 78.5 cm³/mol.